The highest BCUT2D eigenvalue weighted by Gasteiger charge is 2.15. The van der Waals surface area contributed by atoms with Crippen LogP contribution in [0.4, 0.5) is 5.69 Å². The molecule has 0 spiro atoms. The Morgan fingerprint density at radius 1 is 1.38 bits per heavy atom. The van der Waals surface area contributed by atoms with Gasteiger partial charge in [-0.2, -0.15) is 0 Å². The van der Waals surface area contributed by atoms with Crippen LogP contribution in [0.25, 0.3) is 0 Å². The monoisotopic (exact) mass is 367 g/mol. The van der Waals surface area contributed by atoms with Crippen LogP contribution in [-0.2, 0) is 6.61 Å². The molecule has 7 heteroatoms. The molecule has 0 radical (unpaired) electrons. The van der Waals surface area contributed by atoms with Crippen molar-refractivity contribution < 1.29 is 14.8 Å². The van der Waals surface area contributed by atoms with Crippen molar-refractivity contribution in [2.24, 2.45) is 0 Å². The molecule has 21 heavy (non-hydrogen) atoms. The maximum Gasteiger partial charge on any atom is 0.287 e. The Morgan fingerprint density at radius 2 is 2.19 bits per heavy atom. The number of aliphatic hydroxyl groups is 1. The molecule has 0 atom stereocenters. The smallest absolute Gasteiger partial charge is 0.287 e. The Hall–Kier alpha value is -1.88. The summed E-state index contributed by atoms with van der Waals surface area (Å²) in [6, 6.07) is 8.36. The summed E-state index contributed by atoms with van der Waals surface area (Å²) in [6.45, 7) is 0.121. The first-order valence-electron chi connectivity index (χ1n) is 5.86. The van der Waals surface area contributed by atoms with Crippen molar-refractivity contribution in [1.29, 1.82) is 0 Å². The molecule has 0 aliphatic heterocycles. The number of nitro groups is 1. The standard InChI is InChI=1S/C14H10BrNO4S/c15-14-12(16(18)19)4-1-5-13(14)20-9-11-7-6-10(21-11)3-2-8-17/h1,4-7,17H,8-9H2. The fourth-order valence-electron chi connectivity index (χ4n) is 1.55. The average molecular weight is 368 g/mol. The second kappa shape index (κ2) is 7.22. The maximum atomic E-state index is 10.8. The van der Waals surface area contributed by atoms with E-state index < -0.39 is 4.92 Å². The van der Waals surface area contributed by atoms with Crippen molar-refractivity contribution >= 4 is 33.0 Å². The summed E-state index contributed by atoms with van der Waals surface area (Å²) in [6.07, 6.45) is 0. The second-order valence-corrected chi connectivity index (χ2v) is 5.82. The van der Waals surface area contributed by atoms with Crippen LogP contribution in [0.5, 0.6) is 5.75 Å². The molecule has 0 amide bonds. The van der Waals surface area contributed by atoms with E-state index in [-0.39, 0.29) is 12.3 Å². The number of thiophene rings is 1. The predicted octanol–water partition coefficient (Wildman–Crippen LogP) is 3.34. The number of ether oxygens (including phenoxy) is 1. The minimum Gasteiger partial charge on any atom is -0.487 e. The molecular formula is C14H10BrNO4S. The SMILES string of the molecule is O=[N+]([O-])c1cccc(OCc2ccc(C#CCO)s2)c1Br. The summed E-state index contributed by atoms with van der Waals surface area (Å²) in [5, 5.41) is 19.5. The molecule has 0 aliphatic rings. The minimum absolute atomic E-state index is 0.0341. The van der Waals surface area contributed by atoms with Crippen LogP contribution in [0, 0.1) is 22.0 Å². The molecule has 2 rings (SSSR count). The van der Waals surface area contributed by atoms with Crippen molar-refractivity contribution in [2.45, 2.75) is 6.61 Å². The Kier molecular flexibility index (Phi) is 5.33. The predicted molar refractivity (Wildman–Crippen MR) is 83.4 cm³/mol. The van der Waals surface area contributed by atoms with Gasteiger partial charge < -0.3 is 9.84 Å². The highest BCUT2D eigenvalue weighted by molar-refractivity contribution is 9.10. The van der Waals surface area contributed by atoms with Crippen LogP contribution in [0.15, 0.2) is 34.8 Å². The molecule has 1 N–H and O–H groups in total. The van der Waals surface area contributed by atoms with Crippen molar-refractivity contribution in [3.8, 4) is 17.6 Å². The number of rotatable bonds is 4. The highest BCUT2D eigenvalue weighted by Crippen LogP contribution is 2.34. The van der Waals surface area contributed by atoms with Crippen LogP contribution in [-0.4, -0.2) is 16.6 Å². The van der Waals surface area contributed by atoms with Gasteiger partial charge in [0.1, 0.15) is 23.4 Å². The zero-order valence-electron chi connectivity index (χ0n) is 10.7. The van der Waals surface area contributed by atoms with E-state index in [9.17, 15) is 10.1 Å². The van der Waals surface area contributed by atoms with Gasteiger partial charge in [0, 0.05) is 10.9 Å². The Labute approximate surface area is 133 Å². The maximum absolute atomic E-state index is 10.8. The molecule has 0 unspecified atom stereocenters. The van der Waals surface area contributed by atoms with Gasteiger partial charge in [0.25, 0.3) is 5.69 Å². The molecule has 2 aromatic rings. The van der Waals surface area contributed by atoms with Crippen LogP contribution in [0.3, 0.4) is 0 Å². The van der Waals surface area contributed by atoms with Gasteiger partial charge in [-0.25, -0.2) is 0 Å². The third-order valence-corrected chi connectivity index (χ3v) is 4.23. The molecule has 0 fully saturated rings. The van der Waals surface area contributed by atoms with Crippen molar-refractivity contribution in [3.63, 3.8) is 0 Å². The molecule has 0 aliphatic carbocycles. The fourth-order valence-corrected chi connectivity index (χ4v) is 2.87. The summed E-state index contributed by atoms with van der Waals surface area (Å²) in [7, 11) is 0. The van der Waals surface area contributed by atoms with Crippen LogP contribution >= 0.6 is 27.3 Å². The largest absolute Gasteiger partial charge is 0.487 e. The van der Waals surface area contributed by atoms with E-state index >= 15 is 0 Å². The van der Waals surface area contributed by atoms with Gasteiger partial charge in [0.05, 0.1) is 9.80 Å². The highest BCUT2D eigenvalue weighted by atomic mass is 79.9. The number of nitro benzene ring substituents is 1. The molecule has 0 bridgehead atoms. The minimum atomic E-state index is -0.468. The molecule has 0 saturated carbocycles. The molecular weight excluding hydrogens is 358 g/mol. The number of aliphatic hydroxyl groups excluding tert-OH is 1. The lowest BCUT2D eigenvalue weighted by Gasteiger charge is -2.06. The fraction of sp³-hybridized carbons (Fsp3) is 0.143. The number of hydrogen-bond acceptors (Lipinski definition) is 5. The van der Waals surface area contributed by atoms with E-state index in [0.29, 0.717) is 16.8 Å². The van der Waals surface area contributed by atoms with E-state index in [1.165, 1.54) is 17.4 Å². The molecule has 5 nitrogen and oxygen atoms in total. The molecule has 1 heterocycles. The van der Waals surface area contributed by atoms with Gasteiger partial charge in [0.2, 0.25) is 0 Å². The van der Waals surface area contributed by atoms with Crippen molar-refractivity contribution in [3.05, 3.63) is 54.7 Å². The first-order valence-corrected chi connectivity index (χ1v) is 7.47. The quantitative estimate of drug-likeness (QED) is 0.510. The summed E-state index contributed by atoms with van der Waals surface area (Å²) in [5.74, 6) is 5.80. The van der Waals surface area contributed by atoms with Gasteiger partial charge in [0.15, 0.2) is 0 Å². The second-order valence-electron chi connectivity index (χ2n) is 3.86. The van der Waals surface area contributed by atoms with Crippen molar-refractivity contribution in [1.82, 2.24) is 0 Å². The number of benzene rings is 1. The summed E-state index contributed by atoms with van der Waals surface area (Å²) < 4.78 is 5.92. The molecule has 1 aromatic carbocycles. The number of halogens is 1. The van der Waals surface area contributed by atoms with Crippen LogP contribution in [0.2, 0.25) is 0 Å². The van der Waals surface area contributed by atoms with Crippen LogP contribution < -0.4 is 4.74 Å². The third-order valence-electron chi connectivity index (χ3n) is 2.46. The topological polar surface area (TPSA) is 72.6 Å². The Bertz CT molecular complexity index is 717. The Morgan fingerprint density at radius 3 is 2.90 bits per heavy atom. The van der Waals surface area contributed by atoms with Gasteiger partial charge in [-0.3, -0.25) is 10.1 Å². The first-order chi connectivity index (χ1) is 10.1. The Balaban J connectivity index is 2.08. The summed E-state index contributed by atoms with van der Waals surface area (Å²) in [4.78, 5) is 12.1. The van der Waals surface area contributed by atoms with E-state index in [2.05, 4.69) is 27.8 Å². The lowest BCUT2D eigenvalue weighted by atomic mass is 10.3. The van der Waals surface area contributed by atoms with Gasteiger partial charge >= 0.3 is 0 Å². The number of hydrogen-bond donors (Lipinski definition) is 1. The lowest BCUT2D eigenvalue weighted by molar-refractivity contribution is -0.385. The van der Waals surface area contributed by atoms with Gasteiger partial charge in [-0.05, 0) is 34.1 Å². The lowest BCUT2D eigenvalue weighted by Crippen LogP contribution is -1.96. The van der Waals surface area contributed by atoms with Crippen LogP contribution in [0.1, 0.15) is 9.75 Å². The molecule has 108 valence electrons. The summed E-state index contributed by atoms with van der Waals surface area (Å²) in [5.41, 5.74) is -0.0341. The number of nitrogens with zero attached hydrogens (tertiary/aromatic N) is 1. The van der Waals surface area contributed by atoms with Gasteiger partial charge in [-0.1, -0.05) is 17.9 Å². The molecule has 0 saturated heterocycles. The van der Waals surface area contributed by atoms with E-state index in [1.807, 2.05) is 12.1 Å². The summed E-state index contributed by atoms with van der Waals surface area (Å²) >= 11 is 4.63. The average Bonchev–Trinajstić information content (AvgIpc) is 2.91. The third kappa shape index (κ3) is 4.04. The zero-order chi connectivity index (χ0) is 15.2. The van der Waals surface area contributed by atoms with E-state index in [0.717, 1.165) is 9.75 Å². The first kappa shape index (κ1) is 15.5. The molecule has 1 aromatic heterocycles. The van der Waals surface area contributed by atoms with E-state index in [1.54, 1.807) is 12.1 Å². The van der Waals surface area contributed by atoms with E-state index in [4.69, 9.17) is 9.84 Å². The zero-order valence-corrected chi connectivity index (χ0v) is 13.1. The normalized spacial score (nSPS) is 9.81. The van der Waals surface area contributed by atoms with Gasteiger partial charge in [-0.15, -0.1) is 11.3 Å². The van der Waals surface area contributed by atoms with Crippen molar-refractivity contribution in [2.75, 3.05) is 6.61 Å².